The van der Waals surface area contributed by atoms with Gasteiger partial charge in [-0.3, -0.25) is 9.59 Å². The standard InChI is InChI=1S/C24H27N3O3/c1-17-9-7-10-18(2)23(17)26-21(28)16-27(3)22(29)15-25-24(20-13-8-14-30-20)19-11-5-4-6-12-19/h4-14,24-25H,15-16H2,1-3H3,(H,26,28)/p+1/t24-/m0/s1. The molecule has 0 fully saturated rings. The maximum absolute atomic E-state index is 12.7. The number of quaternary nitrogens is 1. The molecule has 3 aromatic rings. The highest BCUT2D eigenvalue weighted by molar-refractivity contribution is 5.95. The summed E-state index contributed by atoms with van der Waals surface area (Å²) in [6, 6.07) is 19.4. The summed E-state index contributed by atoms with van der Waals surface area (Å²) in [6.45, 7) is 4.10. The number of rotatable bonds is 8. The summed E-state index contributed by atoms with van der Waals surface area (Å²) in [5.41, 5.74) is 3.84. The molecule has 1 heterocycles. The second-order valence-electron chi connectivity index (χ2n) is 7.41. The van der Waals surface area contributed by atoms with Gasteiger partial charge >= 0.3 is 0 Å². The highest BCUT2D eigenvalue weighted by atomic mass is 16.3. The van der Waals surface area contributed by atoms with Crippen LogP contribution in [0.25, 0.3) is 0 Å². The lowest BCUT2D eigenvalue weighted by Crippen LogP contribution is -2.87. The van der Waals surface area contributed by atoms with Crippen molar-refractivity contribution in [2.24, 2.45) is 0 Å². The highest BCUT2D eigenvalue weighted by Gasteiger charge is 2.23. The number of para-hydroxylation sites is 1. The molecule has 1 aromatic heterocycles. The number of likely N-dealkylation sites (N-methyl/N-ethyl adjacent to an activating group) is 1. The quantitative estimate of drug-likeness (QED) is 0.604. The first-order chi connectivity index (χ1) is 14.5. The molecular formula is C24H28N3O3+. The smallest absolute Gasteiger partial charge is 0.277 e. The zero-order chi connectivity index (χ0) is 21.5. The van der Waals surface area contributed by atoms with Gasteiger partial charge in [0.15, 0.2) is 18.3 Å². The van der Waals surface area contributed by atoms with Gasteiger partial charge in [0.05, 0.1) is 12.8 Å². The summed E-state index contributed by atoms with van der Waals surface area (Å²) >= 11 is 0. The molecule has 0 spiro atoms. The molecule has 0 bridgehead atoms. The monoisotopic (exact) mass is 406 g/mol. The van der Waals surface area contributed by atoms with E-state index in [1.165, 1.54) is 4.90 Å². The Morgan fingerprint density at radius 1 is 1.00 bits per heavy atom. The van der Waals surface area contributed by atoms with E-state index in [0.29, 0.717) is 0 Å². The summed E-state index contributed by atoms with van der Waals surface area (Å²) in [7, 11) is 1.64. The van der Waals surface area contributed by atoms with Crippen molar-refractivity contribution in [3.8, 4) is 0 Å². The van der Waals surface area contributed by atoms with Crippen LogP contribution in [0.5, 0.6) is 0 Å². The molecule has 0 aliphatic heterocycles. The van der Waals surface area contributed by atoms with Crippen molar-refractivity contribution < 1.29 is 19.3 Å². The van der Waals surface area contributed by atoms with E-state index in [1.807, 2.05) is 79.8 Å². The third kappa shape index (κ3) is 5.36. The molecule has 30 heavy (non-hydrogen) atoms. The number of aryl methyl sites for hydroxylation is 2. The molecule has 6 nitrogen and oxygen atoms in total. The number of nitrogens with one attached hydrogen (secondary N) is 1. The Balaban J connectivity index is 1.58. The fraction of sp³-hybridized carbons (Fsp3) is 0.250. The van der Waals surface area contributed by atoms with Crippen LogP contribution in [-0.4, -0.2) is 36.9 Å². The van der Waals surface area contributed by atoms with E-state index in [9.17, 15) is 9.59 Å². The first-order valence-electron chi connectivity index (χ1n) is 9.97. The molecule has 0 unspecified atom stereocenters. The fourth-order valence-corrected chi connectivity index (χ4v) is 3.41. The Bertz CT molecular complexity index is 964. The number of hydrogen-bond acceptors (Lipinski definition) is 3. The maximum atomic E-state index is 12.7. The maximum Gasteiger partial charge on any atom is 0.277 e. The minimum atomic E-state index is -0.214. The van der Waals surface area contributed by atoms with Gasteiger partial charge in [0.25, 0.3) is 5.91 Å². The second-order valence-corrected chi connectivity index (χ2v) is 7.41. The number of anilines is 1. The Hall–Kier alpha value is -3.38. The van der Waals surface area contributed by atoms with Crippen LogP contribution >= 0.6 is 0 Å². The highest BCUT2D eigenvalue weighted by Crippen LogP contribution is 2.19. The van der Waals surface area contributed by atoms with Crippen LogP contribution < -0.4 is 10.6 Å². The van der Waals surface area contributed by atoms with Crippen LogP contribution in [0.3, 0.4) is 0 Å². The molecule has 6 heteroatoms. The van der Waals surface area contributed by atoms with Crippen LogP contribution in [0.15, 0.2) is 71.3 Å². The summed E-state index contributed by atoms with van der Waals surface area (Å²) in [5, 5.41) is 4.85. The van der Waals surface area contributed by atoms with Crippen LogP contribution in [0.1, 0.15) is 28.5 Å². The van der Waals surface area contributed by atoms with Gasteiger partial charge in [-0.1, -0.05) is 48.5 Å². The van der Waals surface area contributed by atoms with E-state index in [1.54, 1.807) is 13.3 Å². The molecule has 0 saturated heterocycles. The number of nitrogens with two attached hydrogens (primary N) is 1. The lowest BCUT2D eigenvalue weighted by Gasteiger charge is -2.19. The number of carbonyl (C=O) groups excluding carboxylic acids is 2. The van der Waals surface area contributed by atoms with E-state index in [-0.39, 0.29) is 30.9 Å². The van der Waals surface area contributed by atoms with Gasteiger partial charge in [-0.15, -0.1) is 0 Å². The van der Waals surface area contributed by atoms with Crippen molar-refractivity contribution in [3.05, 3.63) is 89.4 Å². The van der Waals surface area contributed by atoms with E-state index in [4.69, 9.17) is 4.42 Å². The van der Waals surface area contributed by atoms with Crippen LogP contribution in [0.4, 0.5) is 5.69 Å². The third-order valence-corrected chi connectivity index (χ3v) is 5.09. The van der Waals surface area contributed by atoms with E-state index in [0.717, 1.165) is 28.1 Å². The van der Waals surface area contributed by atoms with Crippen molar-refractivity contribution in [2.45, 2.75) is 19.9 Å². The Morgan fingerprint density at radius 3 is 2.33 bits per heavy atom. The Morgan fingerprint density at radius 2 is 1.70 bits per heavy atom. The van der Waals surface area contributed by atoms with E-state index in [2.05, 4.69) is 5.32 Å². The SMILES string of the molecule is Cc1cccc(C)c1NC(=O)CN(C)C(=O)C[NH2+][C@@H](c1ccccc1)c1ccco1. The molecule has 3 N–H and O–H groups in total. The summed E-state index contributed by atoms with van der Waals surface area (Å²) in [5.74, 6) is 0.442. The zero-order valence-corrected chi connectivity index (χ0v) is 17.6. The van der Waals surface area contributed by atoms with Crippen LogP contribution in [0.2, 0.25) is 0 Å². The predicted molar refractivity (Wildman–Crippen MR) is 116 cm³/mol. The third-order valence-electron chi connectivity index (χ3n) is 5.09. The van der Waals surface area contributed by atoms with Crippen molar-refractivity contribution >= 4 is 17.5 Å². The number of nitrogens with zero attached hydrogens (tertiary/aromatic N) is 1. The van der Waals surface area contributed by atoms with Gasteiger partial charge < -0.3 is 20.0 Å². The normalized spacial score (nSPS) is 11.7. The average molecular weight is 407 g/mol. The minimum Gasteiger partial charge on any atom is -0.463 e. The topological polar surface area (TPSA) is 79.2 Å². The largest absolute Gasteiger partial charge is 0.463 e. The Labute approximate surface area is 176 Å². The molecular weight excluding hydrogens is 378 g/mol. The summed E-state index contributed by atoms with van der Waals surface area (Å²) in [6.07, 6.45) is 1.63. The molecule has 1 atom stereocenters. The van der Waals surface area contributed by atoms with Crippen molar-refractivity contribution in [1.82, 2.24) is 4.90 Å². The molecule has 2 amide bonds. The number of benzene rings is 2. The van der Waals surface area contributed by atoms with Gasteiger partial charge in [-0.05, 0) is 37.1 Å². The van der Waals surface area contributed by atoms with E-state index < -0.39 is 0 Å². The molecule has 0 aliphatic carbocycles. The first-order valence-corrected chi connectivity index (χ1v) is 9.97. The van der Waals surface area contributed by atoms with Gasteiger partial charge in [-0.25, -0.2) is 0 Å². The molecule has 156 valence electrons. The molecule has 0 saturated carbocycles. The zero-order valence-electron chi connectivity index (χ0n) is 17.6. The molecule has 3 rings (SSSR count). The summed E-state index contributed by atoms with van der Waals surface area (Å²) < 4.78 is 5.58. The summed E-state index contributed by atoms with van der Waals surface area (Å²) in [4.78, 5) is 26.6. The van der Waals surface area contributed by atoms with Crippen molar-refractivity contribution in [3.63, 3.8) is 0 Å². The molecule has 0 aliphatic rings. The van der Waals surface area contributed by atoms with Crippen LogP contribution in [-0.2, 0) is 9.59 Å². The van der Waals surface area contributed by atoms with Gasteiger partial charge in [0, 0.05) is 18.3 Å². The lowest BCUT2D eigenvalue weighted by molar-refractivity contribution is -0.679. The number of furan rings is 1. The first kappa shape index (κ1) is 21.3. The minimum absolute atomic E-state index is 0.00277. The predicted octanol–water partition coefficient (Wildman–Crippen LogP) is 2.65. The van der Waals surface area contributed by atoms with Gasteiger partial charge in [0.1, 0.15) is 0 Å². The molecule has 0 radical (unpaired) electrons. The number of carbonyl (C=O) groups is 2. The van der Waals surface area contributed by atoms with Crippen molar-refractivity contribution in [2.75, 3.05) is 25.5 Å². The van der Waals surface area contributed by atoms with E-state index >= 15 is 0 Å². The Kier molecular flexibility index (Phi) is 7.03. The number of hydrogen-bond donors (Lipinski definition) is 2. The lowest BCUT2D eigenvalue weighted by atomic mass is 10.0. The second kappa shape index (κ2) is 9.89. The fourth-order valence-electron chi connectivity index (χ4n) is 3.41. The number of amides is 2. The van der Waals surface area contributed by atoms with Crippen molar-refractivity contribution in [1.29, 1.82) is 0 Å². The van der Waals surface area contributed by atoms with Gasteiger partial charge in [-0.2, -0.15) is 0 Å². The van der Waals surface area contributed by atoms with Gasteiger partial charge in [0.2, 0.25) is 5.91 Å². The molecule has 2 aromatic carbocycles. The average Bonchev–Trinajstić information content (AvgIpc) is 3.26. The van der Waals surface area contributed by atoms with Crippen LogP contribution in [0, 0.1) is 13.8 Å².